The Kier molecular flexibility index (Phi) is 8.53. The monoisotopic (exact) mass is 521 g/mol. The van der Waals surface area contributed by atoms with Gasteiger partial charge in [-0.1, -0.05) is 6.07 Å². The first kappa shape index (κ1) is 25.8. The molecule has 5 rings (SSSR count). The smallest absolute Gasteiger partial charge is 0.245 e. The minimum atomic E-state index is -0.475. The number of hydrazone groups is 1. The van der Waals surface area contributed by atoms with Gasteiger partial charge in [0.1, 0.15) is 0 Å². The summed E-state index contributed by atoms with van der Waals surface area (Å²) in [6.07, 6.45) is 4.44. The fraction of sp³-hybridized carbons (Fsp3) is 0.385. The quantitative estimate of drug-likeness (QED) is 0.286. The summed E-state index contributed by atoms with van der Waals surface area (Å²) in [5, 5.41) is 16.7. The zero-order valence-corrected chi connectivity index (χ0v) is 21.1. The molecule has 12 heteroatoms. The predicted molar refractivity (Wildman–Crippen MR) is 146 cm³/mol. The number of benzene rings is 1. The number of aliphatic hydroxyl groups is 1. The van der Waals surface area contributed by atoms with Gasteiger partial charge in [0.2, 0.25) is 5.95 Å². The minimum absolute atomic E-state index is 0.202. The maximum Gasteiger partial charge on any atom is 0.245 e. The van der Waals surface area contributed by atoms with E-state index in [4.69, 9.17) is 9.84 Å². The van der Waals surface area contributed by atoms with Crippen LogP contribution in [0.5, 0.6) is 0 Å². The van der Waals surface area contributed by atoms with Crippen LogP contribution in [-0.2, 0) is 4.74 Å². The first-order chi connectivity index (χ1) is 18.7. The van der Waals surface area contributed by atoms with Crippen molar-refractivity contribution in [1.82, 2.24) is 19.9 Å². The summed E-state index contributed by atoms with van der Waals surface area (Å²) in [7, 11) is 0. The molecule has 0 radical (unpaired) electrons. The van der Waals surface area contributed by atoms with E-state index < -0.39 is 5.82 Å². The number of morpholine rings is 1. The molecule has 3 N–H and O–H groups in total. The number of β-amino-alcohol motifs (C(OH)–C–C–N with tert-alkyl or cyclic N) is 1. The van der Waals surface area contributed by atoms with Crippen LogP contribution in [0.15, 0.2) is 53.9 Å². The summed E-state index contributed by atoms with van der Waals surface area (Å²) >= 11 is 0. The van der Waals surface area contributed by atoms with Crippen molar-refractivity contribution >= 4 is 35.0 Å². The number of halogens is 1. The van der Waals surface area contributed by atoms with Gasteiger partial charge in [0, 0.05) is 57.2 Å². The molecule has 0 atom stereocenters. The number of pyridine rings is 1. The molecule has 1 aromatic carbocycles. The van der Waals surface area contributed by atoms with E-state index in [0.29, 0.717) is 32.0 Å². The first-order valence-corrected chi connectivity index (χ1v) is 12.7. The Morgan fingerprint density at radius 2 is 1.82 bits per heavy atom. The van der Waals surface area contributed by atoms with Crippen molar-refractivity contribution in [2.24, 2.45) is 5.10 Å². The third-order valence-electron chi connectivity index (χ3n) is 6.47. The second kappa shape index (κ2) is 12.6. The van der Waals surface area contributed by atoms with Crippen molar-refractivity contribution in [3.63, 3.8) is 0 Å². The van der Waals surface area contributed by atoms with Crippen LogP contribution in [0.25, 0.3) is 0 Å². The van der Waals surface area contributed by atoms with E-state index in [0.717, 1.165) is 50.3 Å². The van der Waals surface area contributed by atoms with Gasteiger partial charge in [0.15, 0.2) is 11.6 Å². The van der Waals surface area contributed by atoms with E-state index >= 15 is 0 Å². The molecule has 2 aromatic heterocycles. The zero-order chi connectivity index (χ0) is 26.2. The molecule has 3 aromatic rings. The molecule has 2 aliphatic rings. The SMILES string of the molecule is OCCN1CCN(c2cccc(Nc3ccc(/C=N/Nc4ncc(F)c(N5CCOCC5)n4)nc3)c2)CC1. The van der Waals surface area contributed by atoms with E-state index in [1.54, 1.807) is 12.4 Å². The average molecular weight is 522 g/mol. The number of hydrogen-bond donors (Lipinski definition) is 3. The molecule has 38 heavy (non-hydrogen) atoms. The lowest BCUT2D eigenvalue weighted by molar-refractivity contribution is 0.122. The Morgan fingerprint density at radius 1 is 0.974 bits per heavy atom. The Hall–Kier alpha value is -3.87. The van der Waals surface area contributed by atoms with Gasteiger partial charge in [-0.15, -0.1) is 0 Å². The van der Waals surface area contributed by atoms with Crippen molar-refractivity contribution in [3.05, 3.63) is 60.3 Å². The fourth-order valence-electron chi connectivity index (χ4n) is 4.44. The molecular weight excluding hydrogens is 489 g/mol. The standard InChI is InChI=1S/C26H32FN9O2/c27-24-19-29-26(32-25(24)36-11-14-38-15-12-36)33-30-18-21-4-5-22(17-28-21)31-20-2-1-3-23(16-20)35-8-6-34(7-9-35)10-13-37/h1-5,16-19,31,37H,6-15H2,(H,29,32,33)/b30-18+. The molecule has 2 saturated heterocycles. The lowest BCUT2D eigenvalue weighted by atomic mass is 10.2. The van der Waals surface area contributed by atoms with Gasteiger partial charge >= 0.3 is 0 Å². The summed E-state index contributed by atoms with van der Waals surface area (Å²) in [6.45, 7) is 6.93. The van der Waals surface area contributed by atoms with Crippen molar-refractivity contribution in [2.75, 3.05) is 86.2 Å². The molecule has 2 fully saturated rings. The maximum atomic E-state index is 14.2. The summed E-state index contributed by atoms with van der Waals surface area (Å²) in [4.78, 5) is 19.1. The van der Waals surface area contributed by atoms with Crippen LogP contribution in [-0.4, -0.2) is 96.8 Å². The van der Waals surface area contributed by atoms with E-state index in [2.05, 4.69) is 52.7 Å². The van der Waals surface area contributed by atoms with Crippen LogP contribution in [0.2, 0.25) is 0 Å². The highest BCUT2D eigenvalue weighted by Crippen LogP contribution is 2.24. The Balaban J connectivity index is 1.15. The highest BCUT2D eigenvalue weighted by molar-refractivity contribution is 5.78. The van der Waals surface area contributed by atoms with Crippen molar-refractivity contribution in [2.45, 2.75) is 0 Å². The van der Waals surface area contributed by atoms with Crippen molar-refractivity contribution < 1.29 is 14.2 Å². The average Bonchev–Trinajstić information content (AvgIpc) is 2.96. The number of rotatable bonds is 9. The molecule has 11 nitrogen and oxygen atoms in total. The Morgan fingerprint density at radius 3 is 2.58 bits per heavy atom. The van der Waals surface area contributed by atoms with E-state index in [1.807, 2.05) is 29.2 Å². The topological polar surface area (TPSA) is 114 Å². The lowest BCUT2D eigenvalue weighted by Crippen LogP contribution is -2.47. The number of aromatic nitrogens is 3. The molecule has 0 saturated carbocycles. The van der Waals surface area contributed by atoms with Crippen LogP contribution in [0.4, 0.5) is 33.2 Å². The summed E-state index contributed by atoms with van der Waals surface area (Å²) in [5.74, 6) is -0.0305. The van der Waals surface area contributed by atoms with Crippen LogP contribution in [0.3, 0.4) is 0 Å². The maximum absolute atomic E-state index is 14.2. The molecule has 0 aliphatic carbocycles. The molecule has 0 unspecified atom stereocenters. The highest BCUT2D eigenvalue weighted by Gasteiger charge is 2.18. The van der Waals surface area contributed by atoms with Gasteiger partial charge in [-0.05, 0) is 30.3 Å². The van der Waals surface area contributed by atoms with Gasteiger partial charge < -0.3 is 25.0 Å². The summed E-state index contributed by atoms with van der Waals surface area (Å²) < 4.78 is 19.5. The zero-order valence-electron chi connectivity index (χ0n) is 21.1. The first-order valence-electron chi connectivity index (χ1n) is 12.7. The number of nitrogens with one attached hydrogen (secondary N) is 2. The molecular formula is C26H32FN9O2. The normalized spacial score (nSPS) is 16.7. The second-order valence-electron chi connectivity index (χ2n) is 9.03. The number of piperazine rings is 1. The Labute approximate surface area is 221 Å². The minimum Gasteiger partial charge on any atom is -0.395 e. The molecule has 200 valence electrons. The predicted octanol–water partition coefficient (Wildman–Crippen LogP) is 2.15. The highest BCUT2D eigenvalue weighted by atomic mass is 19.1. The number of aliphatic hydroxyl groups excluding tert-OH is 1. The largest absolute Gasteiger partial charge is 0.395 e. The van der Waals surface area contributed by atoms with E-state index in [9.17, 15) is 4.39 Å². The Bertz CT molecular complexity index is 1210. The summed E-state index contributed by atoms with van der Waals surface area (Å²) in [5.41, 5.74) is 6.40. The second-order valence-corrected chi connectivity index (χ2v) is 9.03. The number of hydrogen-bond acceptors (Lipinski definition) is 11. The van der Waals surface area contributed by atoms with Crippen LogP contribution in [0.1, 0.15) is 5.69 Å². The van der Waals surface area contributed by atoms with Crippen LogP contribution >= 0.6 is 0 Å². The molecule has 0 spiro atoms. The van der Waals surface area contributed by atoms with Crippen molar-refractivity contribution in [1.29, 1.82) is 0 Å². The van der Waals surface area contributed by atoms with E-state index in [-0.39, 0.29) is 18.4 Å². The van der Waals surface area contributed by atoms with Crippen molar-refractivity contribution in [3.8, 4) is 0 Å². The van der Waals surface area contributed by atoms with Gasteiger partial charge in [0.05, 0.1) is 49.8 Å². The van der Waals surface area contributed by atoms with Gasteiger partial charge in [-0.3, -0.25) is 9.88 Å². The number of ether oxygens (including phenoxy) is 1. The molecule has 0 amide bonds. The molecule has 4 heterocycles. The molecule has 2 aliphatic heterocycles. The third-order valence-corrected chi connectivity index (χ3v) is 6.47. The number of nitrogens with zero attached hydrogens (tertiary/aromatic N) is 7. The number of anilines is 5. The van der Waals surface area contributed by atoms with Crippen LogP contribution < -0.4 is 20.5 Å². The fourth-order valence-corrected chi connectivity index (χ4v) is 4.44. The van der Waals surface area contributed by atoms with Crippen LogP contribution in [0, 0.1) is 5.82 Å². The lowest BCUT2D eigenvalue weighted by Gasteiger charge is -2.36. The molecule has 0 bridgehead atoms. The summed E-state index contributed by atoms with van der Waals surface area (Å²) in [6, 6.07) is 12.1. The van der Waals surface area contributed by atoms with E-state index in [1.165, 1.54) is 5.69 Å². The van der Waals surface area contributed by atoms with Gasteiger partial charge in [0.25, 0.3) is 0 Å². The third kappa shape index (κ3) is 6.71. The van der Waals surface area contributed by atoms with Gasteiger partial charge in [-0.2, -0.15) is 10.1 Å². The van der Waals surface area contributed by atoms with Gasteiger partial charge in [-0.25, -0.2) is 14.8 Å².